The summed E-state index contributed by atoms with van der Waals surface area (Å²) in [5, 5.41) is 12.9. The van der Waals surface area contributed by atoms with E-state index in [-0.39, 0.29) is 11.9 Å². The quantitative estimate of drug-likeness (QED) is 0.548. The second-order valence-corrected chi connectivity index (χ2v) is 4.84. The molecule has 0 aliphatic carbocycles. The Labute approximate surface area is 117 Å². The summed E-state index contributed by atoms with van der Waals surface area (Å²) in [6, 6.07) is 9.88. The normalized spacial score (nSPS) is 18.1. The van der Waals surface area contributed by atoms with Crippen LogP contribution in [-0.4, -0.2) is 33.9 Å². The number of nitrogens with zero attached hydrogens (tertiary/aromatic N) is 2. The van der Waals surface area contributed by atoms with E-state index in [1.807, 2.05) is 35.2 Å². The maximum atomic E-state index is 10.5. The van der Waals surface area contributed by atoms with Gasteiger partial charge in [-0.1, -0.05) is 30.3 Å². The van der Waals surface area contributed by atoms with Gasteiger partial charge in [-0.25, -0.2) is 0 Å². The van der Waals surface area contributed by atoms with Gasteiger partial charge in [0.1, 0.15) is 0 Å². The number of hydrazone groups is 1. The van der Waals surface area contributed by atoms with Gasteiger partial charge in [0.05, 0.1) is 0 Å². The highest BCUT2D eigenvalue weighted by Gasteiger charge is 2.25. The highest BCUT2D eigenvalue weighted by molar-refractivity contribution is 7.80. The maximum absolute atomic E-state index is 10.5. The Morgan fingerprint density at radius 2 is 2.11 bits per heavy atom. The molecule has 0 radical (unpaired) electrons. The summed E-state index contributed by atoms with van der Waals surface area (Å²) in [4.78, 5) is 12.5. The van der Waals surface area contributed by atoms with Crippen LogP contribution in [0.3, 0.4) is 0 Å². The lowest BCUT2D eigenvalue weighted by Gasteiger charge is -2.23. The van der Waals surface area contributed by atoms with Crippen molar-refractivity contribution in [2.45, 2.75) is 24.8 Å². The second-order valence-electron chi connectivity index (χ2n) is 4.35. The highest BCUT2D eigenvalue weighted by atomic mass is 32.1. The molecule has 5 nitrogen and oxygen atoms in total. The minimum Gasteiger partial charge on any atom is -0.481 e. The predicted molar refractivity (Wildman–Crippen MR) is 77.1 cm³/mol. The molecule has 0 saturated heterocycles. The first kappa shape index (κ1) is 13.7. The van der Waals surface area contributed by atoms with Crippen LogP contribution >= 0.6 is 12.6 Å². The summed E-state index contributed by atoms with van der Waals surface area (Å²) in [7, 11) is 0. The third-order valence-electron chi connectivity index (χ3n) is 2.92. The van der Waals surface area contributed by atoms with Crippen LogP contribution in [0.4, 0.5) is 0 Å². The van der Waals surface area contributed by atoms with Crippen LogP contribution < -0.4 is 5.43 Å². The van der Waals surface area contributed by atoms with Crippen molar-refractivity contribution >= 4 is 24.4 Å². The van der Waals surface area contributed by atoms with Crippen molar-refractivity contribution in [3.8, 4) is 0 Å². The lowest BCUT2D eigenvalue weighted by atomic mass is 10.2. The van der Waals surface area contributed by atoms with Gasteiger partial charge in [0, 0.05) is 18.5 Å². The number of thiol groups is 1. The summed E-state index contributed by atoms with van der Waals surface area (Å²) >= 11 is 4.42. The Hall–Kier alpha value is -1.69. The van der Waals surface area contributed by atoms with Crippen molar-refractivity contribution in [1.29, 1.82) is 0 Å². The molecule has 0 saturated carbocycles. The average Bonchev–Trinajstić information content (AvgIpc) is 2.77. The van der Waals surface area contributed by atoms with Crippen LogP contribution in [0.2, 0.25) is 0 Å². The molecule has 0 spiro atoms. The summed E-state index contributed by atoms with van der Waals surface area (Å²) < 4.78 is 0. The fourth-order valence-electron chi connectivity index (χ4n) is 1.97. The number of aliphatic carboxylic acids is 1. The molecule has 0 aromatic heterocycles. The van der Waals surface area contributed by atoms with Gasteiger partial charge < -0.3 is 10.0 Å². The molecule has 0 amide bonds. The van der Waals surface area contributed by atoms with Crippen molar-refractivity contribution in [3.63, 3.8) is 0 Å². The smallest absolute Gasteiger partial charge is 0.303 e. The standard InChI is InChI=1S/C13H17N3O2S/c17-11(18)8-4-5-9-16-12(14-15-13(16)19)10-6-2-1-3-7-10/h1-3,6-7,13,15,19H,4-5,8-9H2,(H,17,18). The number of carboxylic acid groups (broad SMARTS) is 1. The van der Waals surface area contributed by atoms with Gasteiger partial charge in [-0.05, 0) is 12.8 Å². The molecule has 0 bridgehead atoms. The molecule has 1 atom stereocenters. The first-order valence-electron chi connectivity index (χ1n) is 6.23. The topological polar surface area (TPSA) is 64.9 Å². The third-order valence-corrected chi connectivity index (χ3v) is 3.32. The summed E-state index contributed by atoms with van der Waals surface area (Å²) in [5.74, 6) is 0.106. The molecule has 1 heterocycles. The van der Waals surface area contributed by atoms with Crippen molar-refractivity contribution in [2.75, 3.05) is 6.54 Å². The van der Waals surface area contributed by atoms with Gasteiger partial charge in [0.25, 0.3) is 0 Å². The Kier molecular flexibility index (Phi) is 4.68. The molecule has 1 unspecified atom stereocenters. The minimum atomic E-state index is -0.751. The van der Waals surface area contributed by atoms with Gasteiger partial charge in [-0.2, -0.15) is 5.10 Å². The lowest BCUT2D eigenvalue weighted by Crippen LogP contribution is -2.37. The van der Waals surface area contributed by atoms with Crippen LogP contribution in [0.25, 0.3) is 0 Å². The highest BCUT2D eigenvalue weighted by Crippen LogP contribution is 2.16. The number of benzene rings is 1. The van der Waals surface area contributed by atoms with Crippen LogP contribution in [-0.2, 0) is 4.79 Å². The third kappa shape index (κ3) is 3.64. The summed E-state index contributed by atoms with van der Waals surface area (Å²) in [6.07, 6.45) is 1.67. The van der Waals surface area contributed by atoms with E-state index in [2.05, 4.69) is 23.2 Å². The van der Waals surface area contributed by atoms with E-state index in [1.165, 1.54) is 0 Å². The number of hydrogen-bond donors (Lipinski definition) is 3. The summed E-state index contributed by atoms with van der Waals surface area (Å²) in [5.41, 5.74) is 3.81. The SMILES string of the molecule is O=C(O)CCCCN1C(c2ccccc2)=NNC1S. The number of nitrogens with one attached hydrogen (secondary N) is 1. The lowest BCUT2D eigenvalue weighted by molar-refractivity contribution is -0.137. The van der Waals surface area contributed by atoms with E-state index in [9.17, 15) is 4.79 Å². The number of amidine groups is 1. The molecule has 1 aliphatic rings. The van der Waals surface area contributed by atoms with E-state index < -0.39 is 5.97 Å². The summed E-state index contributed by atoms with van der Waals surface area (Å²) in [6.45, 7) is 0.738. The Morgan fingerprint density at radius 1 is 1.37 bits per heavy atom. The zero-order valence-corrected chi connectivity index (χ0v) is 11.4. The molecular weight excluding hydrogens is 262 g/mol. The molecule has 19 heavy (non-hydrogen) atoms. The van der Waals surface area contributed by atoms with Gasteiger partial charge in [-0.15, -0.1) is 12.6 Å². The first-order valence-corrected chi connectivity index (χ1v) is 6.75. The minimum absolute atomic E-state index is 0.153. The van der Waals surface area contributed by atoms with E-state index in [4.69, 9.17) is 5.11 Å². The molecule has 2 N–H and O–H groups in total. The molecule has 102 valence electrons. The number of rotatable bonds is 6. The molecule has 1 aromatic carbocycles. The molecule has 6 heteroatoms. The van der Waals surface area contributed by atoms with Gasteiger partial charge in [0.15, 0.2) is 11.3 Å². The van der Waals surface area contributed by atoms with Gasteiger partial charge in [-0.3, -0.25) is 10.2 Å². The molecular formula is C13H17N3O2S. The maximum Gasteiger partial charge on any atom is 0.303 e. The number of carboxylic acids is 1. The molecule has 1 aromatic rings. The Bertz CT molecular complexity index is 464. The van der Waals surface area contributed by atoms with Crippen molar-refractivity contribution < 1.29 is 9.90 Å². The van der Waals surface area contributed by atoms with Crippen LogP contribution in [0, 0.1) is 0 Å². The van der Waals surface area contributed by atoms with Crippen LogP contribution in [0.1, 0.15) is 24.8 Å². The van der Waals surface area contributed by atoms with E-state index in [0.717, 1.165) is 24.4 Å². The fourth-order valence-corrected chi connectivity index (χ4v) is 2.26. The van der Waals surface area contributed by atoms with Crippen LogP contribution in [0.15, 0.2) is 35.4 Å². The van der Waals surface area contributed by atoms with Crippen molar-refractivity contribution in [1.82, 2.24) is 10.3 Å². The van der Waals surface area contributed by atoms with Crippen molar-refractivity contribution in [2.24, 2.45) is 5.10 Å². The number of carbonyl (C=O) groups is 1. The van der Waals surface area contributed by atoms with E-state index in [0.29, 0.717) is 6.42 Å². The largest absolute Gasteiger partial charge is 0.481 e. The Balaban J connectivity index is 1.94. The molecule has 2 rings (SSSR count). The zero-order chi connectivity index (χ0) is 13.7. The second kappa shape index (κ2) is 6.47. The zero-order valence-electron chi connectivity index (χ0n) is 10.5. The molecule has 1 aliphatic heterocycles. The monoisotopic (exact) mass is 279 g/mol. The van der Waals surface area contributed by atoms with Gasteiger partial charge in [0.2, 0.25) is 0 Å². The van der Waals surface area contributed by atoms with Gasteiger partial charge >= 0.3 is 5.97 Å². The van der Waals surface area contributed by atoms with E-state index >= 15 is 0 Å². The predicted octanol–water partition coefficient (Wildman–Crippen LogP) is 1.72. The molecule has 0 fully saturated rings. The van der Waals surface area contributed by atoms with Crippen LogP contribution in [0.5, 0.6) is 0 Å². The van der Waals surface area contributed by atoms with E-state index in [1.54, 1.807) is 0 Å². The first-order chi connectivity index (χ1) is 9.18. The number of unbranched alkanes of at least 4 members (excludes halogenated alkanes) is 1. The average molecular weight is 279 g/mol. The number of hydrogen-bond acceptors (Lipinski definition) is 5. The van der Waals surface area contributed by atoms with Crippen molar-refractivity contribution in [3.05, 3.63) is 35.9 Å². The fraction of sp³-hybridized carbons (Fsp3) is 0.385. The Morgan fingerprint density at radius 3 is 2.79 bits per heavy atom.